The van der Waals surface area contributed by atoms with Crippen LogP contribution >= 0.6 is 0 Å². The van der Waals surface area contributed by atoms with Gasteiger partial charge in [-0.3, -0.25) is 0 Å². The molecular formula is C14H26HgO4. The quantitative estimate of drug-likeness (QED) is 0.366. The number of hydrogen-bond donors (Lipinski definition) is 0. The van der Waals surface area contributed by atoms with Crippen LogP contribution in [0.25, 0.3) is 0 Å². The maximum atomic E-state index is 9.85. The molecule has 0 aliphatic rings. The maximum Gasteiger partial charge on any atom is 2.00 e. The molecule has 0 bridgehead atoms. The zero-order valence-electron chi connectivity index (χ0n) is 12.4. The van der Waals surface area contributed by atoms with Crippen LogP contribution < -0.4 is 10.2 Å². The minimum Gasteiger partial charge on any atom is -0.550 e. The first-order valence-electron chi connectivity index (χ1n) is 6.94. The van der Waals surface area contributed by atoms with E-state index in [0.717, 1.165) is 51.4 Å². The molecule has 0 aliphatic carbocycles. The number of carboxylic acids is 2. The Morgan fingerprint density at radius 3 is 1.21 bits per heavy atom. The number of hydrogen-bond acceptors (Lipinski definition) is 4. The largest absolute Gasteiger partial charge is 2.00 e. The van der Waals surface area contributed by atoms with Crippen LogP contribution in [0.15, 0.2) is 0 Å². The molecule has 5 heteroatoms. The second-order valence-corrected chi connectivity index (χ2v) is 4.37. The summed E-state index contributed by atoms with van der Waals surface area (Å²) >= 11 is 0. The number of carbonyl (C=O) groups is 2. The molecule has 0 fully saturated rings. The van der Waals surface area contributed by atoms with E-state index in [9.17, 15) is 19.8 Å². The van der Waals surface area contributed by atoms with Crippen molar-refractivity contribution in [3.63, 3.8) is 0 Å². The molecule has 0 saturated carbocycles. The third-order valence-electron chi connectivity index (χ3n) is 2.47. The molecule has 0 atom stereocenters. The Bertz CT molecular complexity index is 186. The average Bonchev–Trinajstić information content (AvgIpc) is 2.31. The Morgan fingerprint density at radius 2 is 1.00 bits per heavy atom. The fraction of sp³-hybridized carbons (Fsp3) is 0.857. The van der Waals surface area contributed by atoms with Crippen molar-refractivity contribution in [3.8, 4) is 0 Å². The van der Waals surface area contributed by atoms with Gasteiger partial charge in [-0.05, 0) is 25.7 Å². The van der Waals surface area contributed by atoms with Gasteiger partial charge in [-0.25, -0.2) is 0 Å². The van der Waals surface area contributed by atoms with E-state index in [0.29, 0.717) is 0 Å². The van der Waals surface area contributed by atoms with Gasteiger partial charge in [0.1, 0.15) is 0 Å². The molecule has 0 aromatic carbocycles. The molecule has 4 nitrogen and oxygen atoms in total. The van der Waals surface area contributed by atoms with Crippen molar-refractivity contribution in [3.05, 3.63) is 0 Å². The molecule has 0 aromatic heterocycles. The van der Waals surface area contributed by atoms with Crippen LogP contribution in [0.1, 0.15) is 78.1 Å². The smallest absolute Gasteiger partial charge is 0.550 e. The molecule has 0 radical (unpaired) electrons. The summed E-state index contributed by atoms with van der Waals surface area (Å²) in [4.78, 5) is 19.7. The van der Waals surface area contributed by atoms with Crippen molar-refractivity contribution in [2.75, 3.05) is 0 Å². The zero-order valence-corrected chi connectivity index (χ0v) is 17.9. The van der Waals surface area contributed by atoms with Crippen LogP contribution in [-0.2, 0) is 37.3 Å². The summed E-state index contributed by atoms with van der Waals surface area (Å²) in [6, 6.07) is 0. The SMILES string of the molecule is CCCCCCC(=O)[O-].CCCCCCC(=O)[O-].[Hg+2]. The normalized spacial score (nSPS) is 8.95. The van der Waals surface area contributed by atoms with Gasteiger partial charge in [-0.1, -0.05) is 52.4 Å². The van der Waals surface area contributed by atoms with Gasteiger partial charge < -0.3 is 19.8 Å². The monoisotopic (exact) mass is 460 g/mol. The Morgan fingerprint density at radius 1 is 0.684 bits per heavy atom. The molecule has 0 unspecified atom stereocenters. The summed E-state index contributed by atoms with van der Waals surface area (Å²) in [5, 5.41) is 19.7. The molecule has 0 heterocycles. The van der Waals surface area contributed by atoms with Crippen molar-refractivity contribution < 1.29 is 47.5 Å². The molecule has 0 N–H and O–H groups in total. The topological polar surface area (TPSA) is 80.3 Å². The van der Waals surface area contributed by atoms with Gasteiger partial charge in [0.05, 0.1) is 0 Å². The Kier molecular flexibility index (Phi) is 25.4. The van der Waals surface area contributed by atoms with Gasteiger partial charge in [0, 0.05) is 11.9 Å². The van der Waals surface area contributed by atoms with E-state index in [1.54, 1.807) is 0 Å². The van der Waals surface area contributed by atoms with Crippen molar-refractivity contribution in [2.24, 2.45) is 0 Å². The first-order valence-corrected chi connectivity index (χ1v) is 6.94. The molecule has 0 saturated heterocycles. The van der Waals surface area contributed by atoms with Crippen molar-refractivity contribution in [2.45, 2.75) is 78.1 Å². The van der Waals surface area contributed by atoms with E-state index in [1.807, 2.05) is 0 Å². The predicted molar refractivity (Wildman–Crippen MR) is 67.5 cm³/mol. The summed E-state index contributed by atoms with van der Waals surface area (Å²) in [6.07, 6.45) is 8.59. The summed E-state index contributed by atoms with van der Waals surface area (Å²) in [7, 11) is 0. The maximum absolute atomic E-state index is 9.85. The van der Waals surface area contributed by atoms with E-state index in [2.05, 4.69) is 13.8 Å². The average molecular weight is 459 g/mol. The fourth-order valence-electron chi connectivity index (χ4n) is 1.39. The molecular weight excluding hydrogens is 433 g/mol. The van der Waals surface area contributed by atoms with E-state index in [4.69, 9.17) is 0 Å². The van der Waals surface area contributed by atoms with Gasteiger partial charge in [0.15, 0.2) is 0 Å². The number of aliphatic carboxylic acids is 2. The van der Waals surface area contributed by atoms with E-state index in [1.165, 1.54) is 0 Å². The van der Waals surface area contributed by atoms with Crippen LogP contribution in [0.3, 0.4) is 0 Å². The summed E-state index contributed by atoms with van der Waals surface area (Å²) in [6.45, 7) is 4.19. The second-order valence-electron chi connectivity index (χ2n) is 4.37. The third-order valence-corrected chi connectivity index (χ3v) is 2.47. The Hall–Kier alpha value is -0.125. The standard InChI is InChI=1S/2C7H14O2.Hg/c2*1-2-3-4-5-6-7(8)9;/h2*2-6H2,1H3,(H,8,9);/q;;+2/p-2. The van der Waals surface area contributed by atoms with Crippen LogP contribution in [0, 0.1) is 0 Å². The van der Waals surface area contributed by atoms with Gasteiger partial charge in [-0.15, -0.1) is 0 Å². The van der Waals surface area contributed by atoms with Crippen molar-refractivity contribution in [1.29, 1.82) is 0 Å². The third kappa shape index (κ3) is 31.9. The predicted octanol–water partition coefficient (Wildman–Crippen LogP) is 1.41. The van der Waals surface area contributed by atoms with Crippen LogP contribution in [0.5, 0.6) is 0 Å². The minimum absolute atomic E-state index is 0. The first-order chi connectivity index (χ1) is 8.54. The molecule has 19 heavy (non-hydrogen) atoms. The zero-order chi connectivity index (χ0) is 14.2. The second kappa shape index (κ2) is 20.2. The van der Waals surface area contributed by atoms with E-state index >= 15 is 0 Å². The molecule has 0 aliphatic heterocycles. The molecule has 0 rings (SSSR count). The molecule has 0 spiro atoms. The molecule has 0 aromatic rings. The fourth-order valence-corrected chi connectivity index (χ4v) is 1.39. The molecule has 0 amide bonds. The van der Waals surface area contributed by atoms with E-state index < -0.39 is 11.9 Å². The van der Waals surface area contributed by atoms with Gasteiger partial charge >= 0.3 is 27.7 Å². The van der Waals surface area contributed by atoms with Crippen molar-refractivity contribution >= 4 is 11.9 Å². The number of rotatable bonds is 10. The Balaban J connectivity index is -0.000000256. The molecule has 108 valence electrons. The van der Waals surface area contributed by atoms with Crippen LogP contribution in [-0.4, -0.2) is 11.9 Å². The minimum atomic E-state index is -0.925. The van der Waals surface area contributed by atoms with Gasteiger partial charge in [-0.2, -0.15) is 0 Å². The van der Waals surface area contributed by atoms with Gasteiger partial charge in [0.25, 0.3) is 0 Å². The number of unbranched alkanes of at least 4 members (excludes halogenated alkanes) is 6. The van der Waals surface area contributed by atoms with Gasteiger partial charge in [0.2, 0.25) is 0 Å². The van der Waals surface area contributed by atoms with E-state index in [-0.39, 0.29) is 40.5 Å². The van der Waals surface area contributed by atoms with Crippen LogP contribution in [0.2, 0.25) is 0 Å². The van der Waals surface area contributed by atoms with Crippen molar-refractivity contribution in [1.82, 2.24) is 0 Å². The Labute approximate surface area is 137 Å². The summed E-state index contributed by atoms with van der Waals surface area (Å²) < 4.78 is 0. The number of carbonyl (C=O) groups excluding carboxylic acids is 2. The summed E-state index contributed by atoms with van der Waals surface area (Å²) in [5.74, 6) is -1.85. The first kappa shape index (κ1) is 23.9. The number of carboxylic acid groups (broad SMARTS) is 2. The van der Waals surface area contributed by atoms with Crippen LogP contribution in [0.4, 0.5) is 0 Å². The summed E-state index contributed by atoms with van der Waals surface area (Å²) in [5.41, 5.74) is 0.